The highest BCUT2D eigenvalue weighted by atomic mass is 79.9. The van der Waals surface area contributed by atoms with Crippen LogP contribution in [0.25, 0.3) is 12.2 Å². The smallest absolute Gasteiger partial charge is 0.284 e. The number of nitrogens with zero attached hydrogens (tertiary/aromatic N) is 3. The highest BCUT2D eigenvalue weighted by molar-refractivity contribution is 9.10. The zero-order valence-electron chi connectivity index (χ0n) is 19.0. The van der Waals surface area contributed by atoms with E-state index in [4.69, 9.17) is 14.2 Å². The minimum Gasteiger partial charge on any atom is -0.497 e. The average Bonchev–Trinajstić information content (AvgIpc) is 3.37. The van der Waals surface area contributed by atoms with E-state index in [0.29, 0.717) is 22.9 Å². The fourth-order valence-corrected chi connectivity index (χ4v) is 4.48. The quantitative estimate of drug-likeness (QED) is 0.267. The molecule has 0 spiro atoms. The molecule has 0 saturated heterocycles. The van der Waals surface area contributed by atoms with Crippen LogP contribution in [-0.4, -0.2) is 37.0 Å². The minimum absolute atomic E-state index is 0.0780. The van der Waals surface area contributed by atoms with Crippen molar-refractivity contribution in [3.8, 4) is 17.2 Å². The highest BCUT2D eigenvalue weighted by Gasteiger charge is 2.19. The first-order valence-electron chi connectivity index (χ1n) is 10.4. The van der Waals surface area contributed by atoms with Gasteiger partial charge < -0.3 is 14.2 Å². The van der Waals surface area contributed by atoms with Gasteiger partial charge in [0, 0.05) is 10.5 Å². The molecule has 0 bridgehead atoms. The summed E-state index contributed by atoms with van der Waals surface area (Å²) in [6.45, 7) is 0.0780. The van der Waals surface area contributed by atoms with Crippen molar-refractivity contribution in [2.24, 2.45) is 0 Å². The maximum atomic E-state index is 12.7. The van der Waals surface area contributed by atoms with Crippen LogP contribution in [0.4, 0.5) is 0 Å². The lowest BCUT2D eigenvalue weighted by atomic mass is 10.1. The van der Waals surface area contributed by atoms with Gasteiger partial charge in [0.25, 0.3) is 10.0 Å². The number of halogens is 1. The van der Waals surface area contributed by atoms with E-state index in [1.165, 1.54) is 18.3 Å². The number of rotatable bonds is 9. The van der Waals surface area contributed by atoms with E-state index in [-0.39, 0.29) is 11.5 Å². The van der Waals surface area contributed by atoms with E-state index in [1.807, 2.05) is 54.6 Å². The van der Waals surface area contributed by atoms with E-state index >= 15 is 0 Å². The van der Waals surface area contributed by atoms with Gasteiger partial charge in [0.1, 0.15) is 29.5 Å². The lowest BCUT2D eigenvalue weighted by Crippen LogP contribution is -2.13. The van der Waals surface area contributed by atoms with Crippen molar-refractivity contribution in [2.45, 2.75) is 11.5 Å². The van der Waals surface area contributed by atoms with Crippen LogP contribution >= 0.6 is 15.9 Å². The molecule has 8 nitrogen and oxygen atoms in total. The van der Waals surface area contributed by atoms with Crippen molar-refractivity contribution in [1.29, 1.82) is 0 Å². The summed E-state index contributed by atoms with van der Waals surface area (Å²) in [6.07, 6.45) is 5.28. The summed E-state index contributed by atoms with van der Waals surface area (Å²) < 4.78 is 43.3. The molecule has 180 valence electrons. The molecule has 1 heterocycles. The molecule has 4 rings (SSSR count). The van der Waals surface area contributed by atoms with Gasteiger partial charge in [0.05, 0.1) is 25.3 Å². The monoisotopic (exact) mass is 555 g/mol. The molecule has 0 radical (unpaired) electrons. The third-order valence-corrected chi connectivity index (χ3v) is 7.05. The van der Waals surface area contributed by atoms with Crippen LogP contribution in [0, 0.1) is 0 Å². The van der Waals surface area contributed by atoms with Gasteiger partial charge in [-0.25, -0.2) is 0 Å². The molecule has 0 unspecified atom stereocenters. The van der Waals surface area contributed by atoms with Crippen LogP contribution < -0.4 is 14.2 Å². The van der Waals surface area contributed by atoms with Crippen molar-refractivity contribution >= 4 is 38.1 Å². The van der Waals surface area contributed by atoms with Crippen molar-refractivity contribution in [3.63, 3.8) is 0 Å². The Morgan fingerprint density at radius 3 is 2.11 bits per heavy atom. The minimum atomic E-state index is -3.82. The van der Waals surface area contributed by atoms with Crippen LogP contribution in [0.2, 0.25) is 0 Å². The second-order valence-corrected chi connectivity index (χ2v) is 10.1. The number of hydrogen-bond donors (Lipinski definition) is 0. The van der Waals surface area contributed by atoms with Crippen LogP contribution in [0.15, 0.2) is 82.3 Å². The SMILES string of the molecule is COc1cc(/C=C/c2ccc(OCc3cn(S(=O)(=O)c4ccc(Br)cc4)nn3)cc2)cc(OC)c1. The Labute approximate surface area is 212 Å². The Bertz CT molecular complexity index is 1410. The Hall–Kier alpha value is -3.63. The summed E-state index contributed by atoms with van der Waals surface area (Å²) in [5.74, 6) is 2.05. The first-order valence-corrected chi connectivity index (χ1v) is 12.7. The number of ether oxygens (including phenoxy) is 3. The zero-order chi connectivity index (χ0) is 24.8. The molecule has 0 aliphatic heterocycles. The van der Waals surface area contributed by atoms with Gasteiger partial charge in [-0.3, -0.25) is 0 Å². The second kappa shape index (κ2) is 10.7. The number of methoxy groups -OCH3 is 2. The van der Waals surface area contributed by atoms with Crippen LogP contribution in [-0.2, 0) is 16.6 Å². The lowest BCUT2D eigenvalue weighted by Gasteiger charge is -2.06. The standard InChI is InChI=1S/C25H22BrN3O5S/c1-32-23-13-19(14-24(15-23)33-2)4-3-18-5-9-22(10-6-18)34-17-21-16-29(28-27-21)35(30,31)25-11-7-20(26)8-12-25/h3-16H,17H2,1-2H3/b4-3+. The molecular formula is C25H22BrN3O5S. The number of hydrogen-bond acceptors (Lipinski definition) is 7. The van der Waals surface area contributed by atoms with E-state index in [9.17, 15) is 8.42 Å². The molecule has 0 amide bonds. The molecule has 10 heteroatoms. The molecule has 0 aliphatic carbocycles. The Morgan fingerprint density at radius 2 is 1.49 bits per heavy atom. The van der Waals surface area contributed by atoms with Crippen molar-refractivity contribution < 1.29 is 22.6 Å². The molecule has 0 saturated carbocycles. The molecule has 1 aromatic heterocycles. The summed E-state index contributed by atoms with van der Waals surface area (Å²) >= 11 is 3.29. The van der Waals surface area contributed by atoms with Gasteiger partial charge in [0.2, 0.25) is 0 Å². The molecule has 35 heavy (non-hydrogen) atoms. The van der Waals surface area contributed by atoms with E-state index in [1.54, 1.807) is 26.4 Å². The van der Waals surface area contributed by atoms with Gasteiger partial charge >= 0.3 is 0 Å². The lowest BCUT2D eigenvalue weighted by molar-refractivity contribution is 0.301. The number of aromatic nitrogens is 3. The molecular weight excluding hydrogens is 534 g/mol. The largest absolute Gasteiger partial charge is 0.497 e. The van der Waals surface area contributed by atoms with Crippen molar-refractivity contribution in [2.75, 3.05) is 14.2 Å². The first-order chi connectivity index (χ1) is 16.9. The average molecular weight is 556 g/mol. The van der Waals surface area contributed by atoms with Gasteiger partial charge in [-0.1, -0.05) is 45.4 Å². The Balaban J connectivity index is 1.38. The summed E-state index contributed by atoms with van der Waals surface area (Å²) in [4.78, 5) is 0.120. The maximum Gasteiger partial charge on any atom is 0.284 e. The van der Waals surface area contributed by atoms with Crippen LogP contribution in [0.3, 0.4) is 0 Å². The molecule has 0 N–H and O–H groups in total. The van der Waals surface area contributed by atoms with Gasteiger partial charge in [-0.2, -0.15) is 8.42 Å². The third-order valence-electron chi connectivity index (χ3n) is 4.99. The Kier molecular flexibility index (Phi) is 7.52. The third kappa shape index (κ3) is 6.09. The van der Waals surface area contributed by atoms with Crippen molar-refractivity contribution in [1.82, 2.24) is 14.4 Å². The molecule has 0 fully saturated rings. The van der Waals surface area contributed by atoms with E-state index in [0.717, 1.165) is 19.7 Å². The van der Waals surface area contributed by atoms with Gasteiger partial charge in [-0.15, -0.1) is 9.19 Å². The maximum absolute atomic E-state index is 12.7. The van der Waals surface area contributed by atoms with Gasteiger partial charge in [-0.05, 0) is 59.7 Å². The predicted octanol–water partition coefficient (Wildman–Crippen LogP) is 5.04. The fraction of sp³-hybridized carbons (Fsp3) is 0.120. The summed E-state index contributed by atoms with van der Waals surface area (Å²) in [7, 11) is -0.590. The predicted molar refractivity (Wildman–Crippen MR) is 136 cm³/mol. The summed E-state index contributed by atoms with van der Waals surface area (Å²) in [6, 6.07) is 19.4. The molecule has 4 aromatic rings. The summed E-state index contributed by atoms with van der Waals surface area (Å²) in [5, 5.41) is 7.67. The molecule has 3 aromatic carbocycles. The Morgan fingerprint density at radius 1 is 0.857 bits per heavy atom. The highest BCUT2D eigenvalue weighted by Crippen LogP contribution is 2.24. The van der Waals surface area contributed by atoms with Gasteiger partial charge in [0.15, 0.2) is 0 Å². The normalized spacial score (nSPS) is 11.5. The topological polar surface area (TPSA) is 92.5 Å². The van der Waals surface area contributed by atoms with Crippen LogP contribution in [0.5, 0.6) is 17.2 Å². The first kappa shape index (κ1) is 24.5. The van der Waals surface area contributed by atoms with E-state index in [2.05, 4.69) is 26.2 Å². The van der Waals surface area contributed by atoms with Crippen molar-refractivity contribution in [3.05, 3.63) is 94.2 Å². The molecule has 0 aliphatic rings. The summed E-state index contributed by atoms with van der Waals surface area (Å²) in [5.41, 5.74) is 2.31. The fourth-order valence-electron chi connectivity index (χ4n) is 3.13. The zero-order valence-corrected chi connectivity index (χ0v) is 21.4. The number of benzene rings is 3. The second-order valence-electron chi connectivity index (χ2n) is 7.38. The van der Waals surface area contributed by atoms with E-state index < -0.39 is 10.0 Å². The van der Waals surface area contributed by atoms with Crippen LogP contribution in [0.1, 0.15) is 16.8 Å². The molecule has 0 atom stereocenters.